The van der Waals surface area contributed by atoms with Crippen LogP contribution in [-0.4, -0.2) is 110 Å². The van der Waals surface area contributed by atoms with E-state index in [2.05, 4.69) is 25.3 Å². The third-order valence-corrected chi connectivity index (χ3v) is 10.3. The van der Waals surface area contributed by atoms with Crippen LogP contribution in [0.5, 0.6) is 11.5 Å². The zero-order valence-electron chi connectivity index (χ0n) is 34.1. The fourth-order valence-corrected chi connectivity index (χ4v) is 7.32. The monoisotopic (exact) mass is 879 g/mol. The number of aromatic amines is 1. The Morgan fingerprint density at radius 2 is 1.66 bits per heavy atom. The summed E-state index contributed by atoms with van der Waals surface area (Å²) >= 11 is 0. The molecular formula is C41H45F3N9O8P. The van der Waals surface area contributed by atoms with Gasteiger partial charge in [0.15, 0.2) is 20.2 Å². The molecule has 3 N–H and O–H groups in total. The Morgan fingerprint density at radius 3 is 2.26 bits per heavy atom. The van der Waals surface area contributed by atoms with Gasteiger partial charge in [0.05, 0.1) is 52.4 Å². The Hall–Kier alpha value is -6.10. The summed E-state index contributed by atoms with van der Waals surface area (Å²) in [7, 11) is 6.14. The molecule has 0 saturated carbocycles. The zero-order valence-corrected chi connectivity index (χ0v) is 35.1. The predicted molar refractivity (Wildman–Crippen MR) is 224 cm³/mol. The van der Waals surface area contributed by atoms with Gasteiger partial charge in [0.2, 0.25) is 11.9 Å². The van der Waals surface area contributed by atoms with Gasteiger partial charge in [-0.25, -0.2) is 9.98 Å². The highest BCUT2D eigenvalue weighted by atomic mass is 31.1. The van der Waals surface area contributed by atoms with E-state index in [9.17, 15) is 22.8 Å². The first kappa shape index (κ1) is 45.4. The molecule has 17 nitrogen and oxygen atoms in total. The molecule has 62 heavy (non-hydrogen) atoms. The van der Waals surface area contributed by atoms with Crippen LogP contribution in [0.25, 0.3) is 11.2 Å². The van der Waals surface area contributed by atoms with Crippen molar-refractivity contribution in [2.75, 3.05) is 59.9 Å². The number of fused-ring (bicyclic) bond motifs is 1. The van der Waals surface area contributed by atoms with Gasteiger partial charge in [0.1, 0.15) is 29.4 Å². The van der Waals surface area contributed by atoms with Crippen molar-refractivity contribution in [2.45, 2.75) is 43.1 Å². The van der Waals surface area contributed by atoms with Gasteiger partial charge in [0.25, 0.3) is 5.56 Å². The molecule has 4 atom stereocenters. The molecule has 1 saturated heterocycles. The number of hydrogen-bond acceptors (Lipinski definition) is 13. The van der Waals surface area contributed by atoms with E-state index in [-0.39, 0.29) is 55.7 Å². The number of carbonyl (C=O) groups is 1. The summed E-state index contributed by atoms with van der Waals surface area (Å²) in [5.41, 5.74) is 0.390. The van der Waals surface area contributed by atoms with Crippen LogP contribution in [-0.2, 0) is 28.9 Å². The van der Waals surface area contributed by atoms with Gasteiger partial charge in [-0.1, -0.05) is 54.6 Å². The van der Waals surface area contributed by atoms with Crippen molar-refractivity contribution in [3.05, 3.63) is 106 Å². The summed E-state index contributed by atoms with van der Waals surface area (Å²) in [5, 5.41) is 13.8. The molecule has 21 heteroatoms. The number of nitrogens with one attached hydrogen (secondary N) is 3. The normalized spacial score (nSPS) is 16.8. The molecule has 3 heterocycles. The lowest BCUT2D eigenvalue weighted by Crippen LogP contribution is -2.39. The number of hydrogen-bond donors (Lipinski definition) is 3. The number of imidazole rings is 1. The molecule has 6 rings (SSSR count). The fraction of sp³-hybridized carbons (Fsp3) is 0.366. The standard InChI is InChI=1S/C41H45F3N9O8P/c1-52(2)25-48-38-50-35-34(36(54)51-38)49-39(47-21-20-46-37(55)41(42,43)44)53(35)33-23-31(61-62-59-22-8-19-45)32(60-33)24-58-40(26-9-6-5-7-10-26,27-11-15-29(56-3)16-12-27)28-13-17-30(57-4)18-14-28/h5-7,9-18,25,31-33,62H,8,20-24H2,1-4H3,(H,46,55)(H,47,49)(H,50,51,54)/t31?,32-,33-/m1/s1. The minimum absolute atomic E-state index is 0.0149. The first-order chi connectivity index (χ1) is 29.9. The number of carbonyl (C=O) groups excluding carboxylic acids is 1. The average molecular weight is 880 g/mol. The molecular weight excluding hydrogens is 834 g/mol. The lowest BCUT2D eigenvalue weighted by Gasteiger charge is -2.37. The maximum atomic E-state index is 13.4. The number of methoxy groups -OCH3 is 2. The van der Waals surface area contributed by atoms with Crippen molar-refractivity contribution in [2.24, 2.45) is 4.99 Å². The Morgan fingerprint density at radius 1 is 1.02 bits per heavy atom. The van der Waals surface area contributed by atoms with Gasteiger partial charge in [-0.15, -0.1) is 0 Å². The lowest BCUT2D eigenvalue weighted by molar-refractivity contribution is -0.173. The maximum Gasteiger partial charge on any atom is 0.471 e. The van der Waals surface area contributed by atoms with E-state index in [0.29, 0.717) is 11.5 Å². The summed E-state index contributed by atoms with van der Waals surface area (Å²) in [5.74, 6) is -0.862. The first-order valence-electron chi connectivity index (χ1n) is 19.2. The number of benzene rings is 3. The Bertz CT molecular complexity index is 2350. The highest BCUT2D eigenvalue weighted by Gasteiger charge is 2.44. The topological polar surface area (TPSA) is 199 Å². The van der Waals surface area contributed by atoms with E-state index in [4.69, 9.17) is 33.3 Å². The first-order valence-corrected chi connectivity index (χ1v) is 20.0. The van der Waals surface area contributed by atoms with Crippen molar-refractivity contribution in [3.63, 3.8) is 0 Å². The van der Waals surface area contributed by atoms with Crippen LogP contribution in [0.1, 0.15) is 35.8 Å². The second-order valence-corrected chi connectivity index (χ2v) is 14.6. The number of H-pyrrole nitrogens is 1. The number of halogens is 3. The van der Waals surface area contributed by atoms with Gasteiger partial charge in [-0.2, -0.15) is 23.4 Å². The number of rotatable bonds is 20. The number of nitriles is 1. The van der Waals surface area contributed by atoms with Crippen molar-refractivity contribution in [3.8, 4) is 17.6 Å². The Balaban J connectivity index is 1.41. The largest absolute Gasteiger partial charge is 0.497 e. The third kappa shape index (κ3) is 10.7. The fourth-order valence-electron chi connectivity index (χ4n) is 6.70. The minimum Gasteiger partial charge on any atom is -0.497 e. The molecule has 2 aromatic heterocycles. The highest BCUT2D eigenvalue weighted by molar-refractivity contribution is 7.26. The smallest absolute Gasteiger partial charge is 0.471 e. The van der Waals surface area contributed by atoms with Crippen molar-refractivity contribution in [1.29, 1.82) is 5.26 Å². The van der Waals surface area contributed by atoms with Crippen LogP contribution in [0.3, 0.4) is 0 Å². The molecule has 1 fully saturated rings. The molecule has 2 unspecified atom stereocenters. The van der Waals surface area contributed by atoms with Gasteiger partial charge in [-0.3, -0.25) is 19.1 Å². The summed E-state index contributed by atoms with van der Waals surface area (Å²) in [4.78, 5) is 42.4. The quantitative estimate of drug-likeness (QED) is 0.0289. The zero-order chi connectivity index (χ0) is 44.3. The Labute approximate surface area is 356 Å². The van der Waals surface area contributed by atoms with Crippen molar-refractivity contribution >= 4 is 44.3 Å². The van der Waals surface area contributed by atoms with Crippen LogP contribution >= 0.6 is 9.03 Å². The predicted octanol–water partition coefficient (Wildman–Crippen LogP) is 5.57. The molecule has 3 aromatic carbocycles. The molecule has 0 aliphatic carbocycles. The van der Waals surface area contributed by atoms with Crippen LogP contribution in [0, 0.1) is 11.3 Å². The molecule has 0 radical (unpaired) electrons. The minimum atomic E-state index is -5.07. The lowest BCUT2D eigenvalue weighted by atomic mass is 9.80. The molecule has 1 amide bonds. The van der Waals surface area contributed by atoms with Gasteiger partial charge < -0.3 is 43.5 Å². The Kier molecular flexibility index (Phi) is 15.1. The number of nitrogens with zero attached hydrogens (tertiary/aromatic N) is 6. The van der Waals surface area contributed by atoms with Crippen LogP contribution < -0.4 is 25.7 Å². The van der Waals surface area contributed by atoms with Crippen LogP contribution in [0.2, 0.25) is 0 Å². The summed E-state index contributed by atoms with van der Waals surface area (Å²) in [6.07, 6.45) is -5.86. The van der Waals surface area contributed by atoms with Crippen molar-refractivity contribution < 1.29 is 46.0 Å². The van der Waals surface area contributed by atoms with E-state index in [1.54, 1.807) is 33.2 Å². The molecule has 5 aromatic rings. The number of alkyl halides is 3. The second kappa shape index (κ2) is 20.6. The number of aromatic nitrogens is 4. The SMILES string of the molecule is COc1ccc(C(OC[C@H]2O[C@@H](n3c(NCCNC(=O)C(F)(F)F)nc4c(=O)[nH]c(N=CN(C)C)nc43)CC2OPOCCC#N)(c2ccccc2)c2ccc(OC)cc2)cc1. The number of amides is 1. The van der Waals surface area contributed by atoms with E-state index >= 15 is 0 Å². The summed E-state index contributed by atoms with van der Waals surface area (Å²) < 4.78 is 77.1. The number of ether oxygens (including phenoxy) is 4. The number of anilines is 1. The van der Waals surface area contributed by atoms with Gasteiger partial charge >= 0.3 is 12.1 Å². The van der Waals surface area contributed by atoms with Crippen LogP contribution in [0.4, 0.5) is 25.1 Å². The van der Waals surface area contributed by atoms with Gasteiger partial charge in [-0.05, 0) is 41.0 Å². The number of aliphatic imine (C=N–C) groups is 1. The van der Waals surface area contributed by atoms with Crippen molar-refractivity contribution in [1.82, 2.24) is 29.7 Å². The molecule has 1 aliphatic rings. The van der Waals surface area contributed by atoms with E-state index in [1.165, 1.54) is 10.9 Å². The molecule has 328 valence electrons. The average Bonchev–Trinajstić information content (AvgIpc) is 3.85. The highest BCUT2D eigenvalue weighted by Crippen LogP contribution is 2.44. The maximum absolute atomic E-state index is 13.4. The van der Waals surface area contributed by atoms with Gasteiger partial charge in [0, 0.05) is 33.6 Å². The summed E-state index contributed by atoms with van der Waals surface area (Å²) in [6.45, 7) is -0.600. The third-order valence-electron chi connectivity index (χ3n) is 9.58. The molecule has 0 bridgehead atoms. The molecule has 1 aliphatic heterocycles. The van der Waals surface area contributed by atoms with E-state index < -0.39 is 57.3 Å². The van der Waals surface area contributed by atoms with Crippen LogP contribution in [0.15, 0.2) is 88.6 Å². The van der Waals surface area contributed by atoms with E-state index in [0.717, 1.165) is 16.7 Å². The van der Waals surface area contributed by atoms with E-state index in [1.807, 2.05) is 90.2 Å². The summed E-state index contributed by atoms with van der Waals surface area (Å²) in [6, 6.07) is 26.7. The molecule has 0 spiro atoms. The second-order valence-electron chi connectivity index (χ2n) is 13.9.